The summed E-state index contributed by atoms with van der Waals surface area (Å²) in [5.41, 5.74) is -6.83. The van der Waals surface area contributed by atoms with Gasteiger partial charge in [0.05, 0.1) is 34.2 Å². The lowest BCUT2D eigenvalue weighted by Gasteiger charge is -2.30. The van der Waals surface area contributed by atoms with Crippen LogP contribution in [0.15, 0.2) is 35.5 Å². The fourth-order valence-electron chi connectivity index (χ4n) is 4.01. The summed E-state index contributed by atoms with van der Waals surface area (Å²) >= 11 is 5.51. The Labute approximate surface area is 210 Å². The van der Waals surface area contributed by atoms with Crippen LogP contribution in [0.4, 0.5) is 30.7 Å². The molecule has 1 N–H and O–H groups in total. The van der Waals surface area contributed by atoms with Crippen molar-refractivity contribution in [2.45, 2.75) is 44.1 Å². The first kappa shape index (κ1) is 26.7. The number of amides is 1. The Morgan fingerprint density at radius 2 is 1.86 bits per heavy atom. The molecule has 13 heteroatoms. The second kappa shape index (κ2) is 8.90. The zero-order chi connectivity index (χ0) is 27.4. The molecule has 1 saturated carbocycles. The summed E-state index contributed by atoms with van der Waals surface area (Å²) in [4.78, 5) is 17.2. The van der Waals surface area contributed by atoms with Gasteiger partial charge in [-0.25, -0.2) is 4.39 Å². The second-order valence-electron chi connectivity index (χ2n) is 9.05. The van der Waals surface area contributed by atoms with Gasteiger partial charge >= 0.3 is 12.4 Å². The molecule has 0 radical (unpaired) electrons. The van der Waals surface area contributed by atoms with E-state index in [-0.39, 0.29) is 35.5 Å². The molecule has 0 bridgehead atoms. The number of carbonyl (C=O) groups is 1. The van der Waals surface area contributed by atoms with Gasteiger partial charge in [-0.05, 0) is 55.2 Å². The maximum absolute atomic E-state index is 14.7. The number of hydrogen-bond acceptors (Lipinski definition) is 4. The number of aryl methyl sites for hydroxylation is 1. The highest BCUT2D eigenvalue weighted by Crippen LogP contribution is 2.51. The molecule has 4 rings (SSSR count). The van der Waals surface area contributed by atoms with Crippen molar-refractivity contribution in [2.75, 3.05) is 6.54 Å². The van der Waals surface area contributed by atoms with Crippen LogP contribution in [-0.4, -0.2) is 24.3 Å². The van der Waals surface area contributed by atoms with Crippen molar-refractivity contribution >= 4 is 23.2 Å². The molecule has 2 aromatic carbocycles. The first-order chi connectivity index (χ1) is 17.1. The number of nitriles is 1. The molecule has 0 aromatic heterocycles. The smallest absolute Gasteiger partial charge is 0.374 e. The fraction of sp³-hybridized carbons (Fsp3) is 0.375. The molecular weight excluding hydrogens is 531 g/mol. The molecule has 1 aliphatic carbocycles. The van der Waals surface area contributed by atoms with Crippen LogP contribution in [-0.2, 0) is 16.6 Å². The Kier molecular flexibility index (Phi) is 6.43. The topological polar surface area (TPSA) is 74.5 Å². The highest BCUT2D eigenvalue weighted by Gasteiger charge is 2.64. The molecule has 0 spiro atoms. The third kappa shape index (κ3) is 4.84. The van der Waals surface area contributed by atoms with Crippen molar-refractivity contribution in [3.05, 3.63) is 69.0 Å². The predicted octanol–water partition coefficient (Wildman–Crippen LogP) is 6.42. The van der Waals surface area contributed by atoms with E-state index in [9.17, 15) is 35.5 Å². The maximum Gasteiger partial charge on any atom is 0.435 e. The Morgan fingerprint density at radius 1 is 1.19 bits per heavy atom. The molecule has 1 amide bonds. The third-order valence-electron chi connectivity index (χ3n) is 6.46. The molecular formula is C24H17ClF7N3O2. The van der Waals surface area contributed by atoms with Crippen molar-refractivity contribution < 1.29 is 40.4 Å². The van der Waals surface area contributed by atoms with Crippen LogP contribution in [0.1, 0.15) is 51.9 Å². The Balaban J connectivity index is 1.64. The van der Waals surface area contributed by atoms with Gasteiger partial charge in [0.2, 0.25) is 0 Å². The van der Waals surface area contributed by atoms with Crippen LogP contribution in [0, 0.1) is 29.5 Å². The number of benzene rings is 2. The summed E-state index contributed by atoms with van der Waals surface area (Å²) in [5, 5.41) is 14.1. The van der Waals surface area contributed by atoms with Gasteiger partial charge in [-0.15, -0.1) is 0 Å². The molecule has 1 aliphatic heterocycles. The average Bonchev–Trinajstić information content (AvgIpc) is 3.45. The van der Waals surface area contributed by atoms with Crippen molar-refractivity contribution in [3.8, 4) is 6.07 Å². The number of nitrogens with zero attached hydrogens (tertiary/aromatic N) is 2. The Morgan fingerprint density at radius 3 is 2.41 bits per heavy atom. The van der Waals surface area contributed by atoms with Gasteiger partial charge in [0, 0.05) is 17.7 Å². The van der Waals surface area contributed by atoms with Crippen LogP contribution in [0.25, 0.3) is 0 Å². The van der Waals surface area contributed by atoms with Gasteiger partial charge in [-0.3, -0.25) is 4.79 Å². The van der Waals surface area contributed by atoms with E-state index in [0.29, 0.717) is 18.4 Å². The number of nitrogens with one attached hydrogen (secondary N) is 1. The molecule has 37 heavy (non-hydrogen) atoms. The number of halogens is 8. The minimum atomic E-state index is -5.37. The normalized spacial score (nSPS) is 20.6. The van der Waals surface area contributed by atoms with E-state index in [2.05, 4.69) is 21.4 Å². The number of hydrogen-bond donors (Lipinski definition) is 1. The summed E-state index contributed by atoms with van der Waals surface area (Å²) in [6.45, 7) is 1.68. The van der Waals surface area contributed by atoms with Crippen molar-refractivity contribution in [1.82, 2.24) is 5.32 Å². The highest BCUT2D eigenvalue weighted by molar-refractivity contribution is 6.30. The lowest BCUT2D eigenvalue weighted by atomic mass is 9.85. The molecule has 196 valence electrons. The predicted molar refractivity (Wildman–Crippen MR) is 117 cm³/mol. The standard InChI is InChI=1S/C24H17ClF7N3O2/c1-12-6-13(2-3-15(12)20(36)34-11-21(10-33)4-5-21)18-9-22(37-35-18,24(30,31)32)16-7-14(23(27,28)29)8-17(25)19(16)26/h2-3,6-8H,4-5,9,11H2,1H3,(H,34,36)/t22-/m1/s1. The van der Waals surface area contributed by atoms with Crippen molar-refractivity contribution in [3.63, 3.8) is 0 Å². The van der Waals surface area contributed by atoms with Gasteiger partial charge in [-0.1, -0.05) is 22.8 Å². The largest absolute Gasteiger partial charge is 0.435 e. The summed E-state index contributed by atoms with van der Waals surface area (Å²) in [7, 11) is 0. The van der Waals surface area contributed by atoms with Gasteiger partial charge in [0.1, 0.15) is 5.82 Å². The van der Waals surface area contributed by atoms with Crippen LogP contribution >= 0.6 is 11.6 Å². The van der Waals surface area contributed by atoms with Gasteiger partial charge in [0.25, 0.3) is 11.5 Å². The molecule has 2 aromatic rings. The van der Waals surface area contributed by atoms with E-state index in [1.165, 1.54) is 25.1 Å². The molecule has 0 unspecified atom stereocenters. The SMILES string of the molecule is Cc1cc(C2=NO[C@](c3cc(C(F)(F)F)cc(Cl)c3F)(C(F)(F)F)C2)ccc1C(=O)NCC1(C#N)CC1. The molecule has 5 nitrogen and oxygen atoms in total. The maximum atomic E-state index is 14.7. The van der Waals surface area contributed by atoms with E-state index in [0.717, 1.165) is 0 Å². The Hall–Kier alpha value is -3.33. The first-order valence-corrected chi connectivity index (χ1v) is 11.2. The average molecular weight is 548 g/mol. The van der Waals surface area contributed by atoms with Crippen LogP contribution in [0.2, 0.25) is 5.02 Å². The number of oxime groups is 1. The van der Waals surface area contributed by atoms with Crippen LogP contribution in [0.5, 0.6) is 0 Å². The third-order valence-corrected chi connectivity index (χ3v) is 6.73. The number of carbonyl (C=O) groups excluding carboxylic acids is 1. The quantitative estimate of drug-likeness (QED) is 0.439. The zero-order valence-electron chi connectivity index (χ0n) is 18.9. The summed E-state index contributed by atoms with van der Waals surface area (Å²) in [5.74, 6) is -2.20. The minimum Gasteiger partial charge on any atom is -0.374 e. The number of rotatable bonds is 5. The van der Waals surface area contributed by atoms with Gasteiger partial charge < -0.3 is 10.2 Å². The van der Waals surface area contributed by atoms with Crippen LogP contribution < -0.4 is 5.32 Å². The highest BCUT2D eigenvalue weighted by atomic mass is 35.5. The monoisotopic (exact) mass is 547 g/mol. The van der Waals surface area contributed by atoms with Gasteiger partial charge in [0.15, 0.2) is 0 Å². The molecule has 1 heterocycles. The molecule has 1 atom stereocenters. The lowest BCUT2D eigenvalue weighted by molar-refractivity contribution is -0.276. The first-order valence-electron chi connectivity index (χ1n) is 10.8. The Bertz CT molecular complexity index is 1340. The summed E-state index contributed by atoms with van der Waals surface area (Å²) < 4.78 is 97.1. The van der Waals surface area contributed by atoms with E-state index in [1.54, 1.807) is 0 Å². The van der Waals surface area contributed by atoms with Crippen molar-refractivity contribution in [2.24, 2.45) is 10.6 Å². The van der Waals surface area contributed by atoms with Crippen molar-refractivity contribution in [1.29, 1.82) is 5.26 Å². The minimum absolute atomic E-state index is 0.0136. The summed E-state index contributed by atoms with van der Waals surface area (Å²) in [6.07, 6.45) is -10.3. The summed E-state index contributed by atoms with van der Waals surface area (Å²) in [6, 6.07) is 6.33. The van der Waals surface area contributed by atoms with E-state index in [1.807, 2.05) is 0 Å². The van der Waals surface area contributed by atoms with E-state index < -0.39 is 57.7 Å². The molecule has 0 saturated heterocycles. The van der Waals surface area contributed by atoms with E-state index in [4.69, 9.17) is 16.9 Å². The molecule has 1 fully saturated rings. The number of alkyl halides is 6. The molecule has 2 aliphatic rings. The van der Waals surface area contributed by atoms with Crippen LogP contribution in [0.3, 0.4) is 0 Å². The fourth-order valence-corrected chi connectivity index (χ4v) is 4.22. The lowest BCUT2D eigenvalue weighted by Crippen LogP contribution is -2.43. The van der Waals surface area contributed by atoms with Gasteiger partial charge in [-0.2, -0.15) is 31.6 Å². The zero-order valence-corrected chi connectivity index (χ0v) is 19.7. The second-order valence-corrected chi connectivity index (χ2v) is 9.46. The van der Waals surface area contributed by atoms with E-state index >= 15 is 0 Å².